The largest absolute Gasteiger partial charge is 0.280 e. The smallest absolute Gasteiger partial charge is 0.261 e. The molecular weight excluding hydrogens is 350 g/mol. The molecule has 0 amide bonds. The molecule has 2 aromatic rings. The van der Waals surface area contributed by atoms with Gasteiger partial charge in [0.1, 0.15) is 0 Å². The standard InChI is InChI=1S/C16H18BrNO2S/c1-2-3-5-13-8-10-15(11-9-13)18-21(19,20)16-7-4-6-14(17)12-16/h4,6-12,18H,2-3,5H2,1H3. The normalized spacial score (nSPS) is 11.3. The van der Waals surface area contributed by atoms with E-state index in [0.717, 1.165) is 23.7 Å². The summed E-state index contributed by atoms with van der Waals surface area (Å²) < 4.78 is 27.9. The van der Waals surface area contributed by atoms with Crippen LogP contribution in [0.25, 0.3) is 0 Å². The van der Waals surface area contributed by atoms with Crippen LogP contribution in [0.4, 0.5) is 5.69 Å². The molecule has 0 fully saturated rings. The Balaban J connectivity index is 2.13. The quantitative estimate of drug-likeness (QED) is 0.811. The molecule has 3 nitrogen and oxygen atoms in total. The summed E-state index contributed by atoms with van der Waals surface area (Å²) in [5.74, 6) is 0. The van der Waals surface area contributed by atoms with Gasteiger partial charge in [-0.15, -0.1) is 0 Å². The van der Waals surface area contributed by atoms with Gasteiger partial charge >= 0.3 is 0 Å². The highest BCUT2D eigenvalue weighted by Crippen LogP contribution is 2.20. The maximum absolute atomic E-state index is 12.3. The lowest BCUT2D eigenvalue weighted by molar-refractivity contribution is 0.601. The first-order valence-corrected chi connectivity index (χ1v) is 9.16. The predicted octanol–water partition coefficient (Wildman–Crippen LogP) is 4.59. The number of aryl methyl sites for hydroxylation is 1. The van der Waals surface area contributed by atoms with E-state index in [1.54, 1.807) is 36.4 Å². The molecule has 0 aliphatic rings. The van der Waals surface area contributed by atoms with E-state index in [1.807, 2.05) is 12.1 Å². The summed E-state index contributed by atoms with van der Waals surface area (Å²) in [7, 11) is -3.55. The molecule has 0 bridgehead atoms. The first kappa shape index (κ1) is 16.0. The average Bonchev–Trinajstić information content (AvgIpc) is 2.46. The zero-order chi connectivity index (χ0) is 15.3. The molecule has 1 N–H and O–H groups in total. The van der Waals surface area contributed by atoms with Crippen LogP contribution in [-0.4, -0.2) is 8.42 Å². The fraction of sp³-hybridized carbons (Fsp3) is 0.250. The zero-order valence-electron chi connectivity index (χ0n) is 11.8. The first-order chi connectivity index (χ1) is 10.0. The number of rotatable bonds is 6. The molecule has 21 heavy (non-hydrogen) atoms. The van der Waals surface area contributed by atoms with Gasteiger partial charge in [0.25, 0.3) is 10.0 Å². The number of sulfonamides is 1. The van der Waals surface area contributed by atoms with E-state index in [0.29, 0.717) is 5.69 Å². The highest BCUT2D eigenvalue weighted by Gasteiger charge is 2.14. The minimum atomic E-state index is -3.55. The Bertz CT molecular complexity index is 696. The minimum Gasteiger partial charge on any atom is -0.280 e. The number of nitrogens with one attached hydrogen (secondary N) is 1. The number of halogens is 1. The van der Waals surface area contributed by atoms with E-state index in [4.69, 9.17) is 0 Å². The second-order valence-corrected chi connectivity index (χ2v) is 7.46. The van der Waals surface area contributed by atoms with Crippen molar-refractivity contribution in [3.8, 4) is 0 Å². The van der Waals surface area contributed by atoms with Gasteiger partial charge in [0, 0.05) is 10.2 Å². The third-order valence-corrected chi connectivity index (χ3v) is 5.00. The monoisotopic (exact) mass is 367 g/mol. The Kier molecular flexibility index (Phi) is 5.42. The second kappa shape index (κ2) is 7.09. The van der Waals surface area contributed by atoms with Gasteiger partial charge in [-0.3, -0.25) is 4.72 Å². The van der Waals surface area contributed by atoms with Crippen molar-refractivity contribution in [3.63, 3.8) is 0 Å². The van der Waals surface area contributed by atoms with Crippen molar-refractivity contribution in [2.75, 3.05) is 4.72 Å². The van der Waals surface area contributed by atoms with Gasteiger partial charge in [-0.2, -0.15) is 0 Å². The Morgan fingerprint density at radius 3 is 2.43 bits per heavy atom. The molecule has 0 aliphatic heterocycles. The summed E-state index contributed by atoms with van der Waals surface area (Å²) in [6.07, 6.45) is 3.32. The predicted molar refractivity (Wildman–Crippen MR) is 90.0 cm³/mol. The maximum atomic E-state index is 12.3. The summed E-state index contributed by atoms with van der Waals surface area (Å²) in [4.78, 5) is 0.243. The van der Waals surface area contributed by atoms with Crippen LogP contribution in [0.1, 0.15) is 25.3 Å². The van der Waals surface area contributed by atoms with Gasteiger partial charge in [-0.05, 0) is 48.7 Å². The second-order valence-electron chi connectivity index (χ2n) is 4.86. The van der Waals surface area contributed by atoms with E-state index in [2.05, 4.69) is 27.6 Å². The number of hydrogen-bond acceptors (Lipinski definition) is 2. The SMILES string of the molecule is CCCCc1ccc(NS(=O)(=O)c2cccc(Br)c2)cc1. The summed E-state index contributed by atoms with van der Waals surface area (Å²) in [6, 6.07) is 14.2. The lowest BCUT2D eigenvalue weighted by atomic mass is 10.1. The minimum absolute atomic E-state index is 0.243. The summed E-state index contributed by atoms with van der Waals surface area (Å²) in [5.41, 5.74) is 1.80. The Labute approximate surface area is 134 Å². The van der Waals surface area contributed by atoms with Crippen LogP contribution in [0.5, 0.6) is 0 Å². The molecule has 2 aromatic carbocycles. The van der Waals surface area contributed by atoms with Crippen LogP contribution in [0.15, 0.2) is 57.9 Å². The number of unbranched alkanes of at least 4 members (excludes halogenated alkanes) is 1. The van der Waals surface area contributed by atoms with Crippen LogP contribution in [0.2, 0.25) is 0 Å². The molecular formula is C16H18BrNO2S. The van der Waals surface area contributed by atoms with Gasteiger partial charge in [-0.1, -0.05) is 47.5 Å². The summed E-state index contributed by atoms with van der Waals surface area (Å²) >= 11 is 3.28. The van der Waals surface area contributed by atoms with Crippen LogP contribution in [0.3, 0.4) is 0 Å². The molecule has 0 radical (unpaired) electrons. The third-order valence-electron chi connectivity index (χ3n) is 3.13. The third kappa shape index (κ3) is 4.58. The lowest BCUT2D eigenvalue weighted by Gasteiger charge is -2.09. The van der Waals surface area contributed by atoms with Crippen molar-refractivity contribution in [2.45, 2.75) is 31.1 Å². The Hall–Kier alpha value is -1.33. The Morgan fingerprint density at radius 1 is 1.10 bits per heavy atom. The van der Waals surface area contributed by atoms with Crippen molar-refractivity contribution in [2.24, 2.45) is 0 Å². The molecule has 0 unspecified atom stereocenters. The summed E-state index contributed by atoms with van der Waals surface area (Å²) in [6.45, 7) is 2.15. The number of hydrogen-bond donors (Lipinski definition) is 1. The molecule has 0 heterocycles. The van der Waals surface area contributed by atoms with Crippen LogP contribution >= 0.6 is 15.9 Å². The number of benzene rings is 2. The fourth-order valence-corrected chi connectivity index (χ4v) is 3.62. The molecule has 112 valence electrons. The molecule has 0 aromatic heterocycles. The number of anilines is 1. The van der Waals surface area contributed by atoms with Crippen molar-refractivity contribution < 1.29 is 8.42 Å². The molecule has 2 rings (SSSR count). The van der Waals surface area contributed by atoms with Crippen LogP contribution < -0.4 is 4.72 Å². The van der Waals surface area contributed by atoms with Crippen molar-refractivity contribution in [3.05, 3.63) is 58.6 Å². The van der Waals surface area contributed by atoms with Crippen molar-refractivity contribution >= 4 is 31.6 Å². The highest BCUT2D eigenvalue weighted by atomic mass is 79.9. The summed E-state index contributed by atoms with van der Waals surface area (Å²) in [5, 5.41) is 0. The maximum Gasteiger partial charge on any atom is 0.261 e. The zero-order valence-corrected chi connectivity index (χ0v) is 14.2. The van der Waals surface area contributed by atoms with E-state index in [9.17, 15) is 8.42 Å². The van der Waals surface area contributed by atoms with Gasteiger partial charge in [0.15, 0.2) is 0 Å². The van der Waals surface area contributed by atoms with Crippen LogP contribution in [-0.2, 0) is 16.4 Å². The molecule has 0 spiro atoms. The molecule has 0 saturated carbocycles. The van der Waals surface area contributed by atoms with Gasteiger partial charge in [0.2, 0.25) is 0 Å². The first-order valence-electron chi connectivity index (χ1n) is 6.88. The van der Waals surface area contributed by atoms with Crippen molar-refractivity contribution in [1.82, 2.24) is 0 Å². The topological polar surface area (TPSA) is 46.2 Å². The van der Waals surface area contributed by atoms with Gasteiger partial charge in [0.05, 0.1) is 4.90 Å². The van der Waals surface area contributed by atoms with E-state index in [-0.39, 0.29) is 4.90 Å². The lowest BCUT2D eigenvalue weighted by Crippen LogP contribution is -2.12. The van der Waals surface area contributed by atoms with Gasteiger partial charge < -0.3 is 0 Å². The highest BCUT2D eigenvalue weighted by molar-refractivity contribution is 9.10. The molecule has 0 aliphatic carbocycles. The fourth-order valence-electron chi connectivity index (χ4n) is 1.97. The van der Waals surface area contributed by atoms with Gasteiger partial charge in [-0.25, -0.2) is 8.42 Å². The van der Waals surface area contributed by atoms with E-state index < -0.39 is 10.0 Å². The molecule has 5 heteroatoms. The Morgan fingerprint density at radius 2 is 1.81 bits per heavy atom. The molecule has 0 saturated heterocycles. The van der Waals surface area contributed by atoms with Crippen molar-refractivity contribution in [1.29, 1.82) is 0 Å². The van der Waals surface area contributed by atoms with E-state index >= 15 is 0 Å². The van der Waals surface area contributed by atoms with Crippen LogP contribution in [0, 0.1) is 0 Å². The average molecular weight is 368 g/mol. The molecule has 0 atom stereocenters. The van der Waals surface area contributed by atoms with E-state index in [1.165, 1.54) is 5.56 Å².